The number of anilines is 3. The van der Waals surface area contributed by atoms with Crippen molar-refractivity contribution in [1.82, 2.24) is 0 Å². The summed E-state index contributed by atoms with van der Waals surface area (Å²) < 4.78 is 0. The van der Waals surface area contributed by atoms with E-state index in [1.54, 1.807) is 0 Å². The van der Waals surface area contributed by atoms with Crippen molar-refractivity contribution >= 4 is 38.6 Å². The summed E-state index contributed by atoms with van der Waals surface area (Å²) in [6.45, 7) is 0. The normalized spacial score (nSPS) is 13.2. The van der Waals surface area contributed by atoms with Gasteiger partial charge in [0.2, 0.25) is 0 Å². The van der Waals surface area contributed by atoms with E-state index in [4.69, 9.17) is 0 Å². The summed E-state index contributed by atoms with van der Waals surface area (Å²) in [5.41, 5.74) is 14.6. The van der Waals surface area contributed by atoms with Gasteiger partial charge in [-0.05, 0) is 91.9 Å². The SMILES string of the molecule is c1ccc(-c2cccc(N(c3ccccc3-c3cccc4ccccc34)c3ccccc3-c3cccc4cccc(C5CCCCC5)c34)c2-c2ccccc2)cc1. The van der Waals surface area contributed by atoms with Crippen LogP contribution < -0.4 is 4.90 Å². The Morgan fingerprint density at radius 1 is 0.333 bits per heavy atom. The van der Waals surface area contributed by atoms with Gasteiger partial charge in [-0.15, -0.1) is 0 Å². The van der Waals surface area contributed by atoms with Crippen molar-refractivity contribution in [2.45, 2.75) is 38.0 Å². The molecule has 57 heavy (non-hydrogen) atoms. The molecule has 0 radical (unpaired) electrons. The van der Waals surface area contributed by atoms with E-state index in [1.807, 2.05) is 0 Å². The van der Waals surface area contributed by atoms with Gasteiger partial charge < -0.3 is 4.90 Å². The van der Waals surface area contributed by atoms with Crippen molar-refractivity contribution in [3.8, 4) is 44.5 Å². The molecule has 1 aliphatic carbocycles. The highest BCUT2D eigenvalue weighted by Crippen LogP contribution is 2.51. The van der Waals surface area contributed by atoms with Crippen LogP contribution in [0.25, 0.3) is 66.1 Å². The highest BCUT2D eigenvalue weighted by atomic mass is 15.1. The lowest BCUT2D eigenvalue weighted by atomic mass is 9.80. The Bertz CT molecular complexity index is 2820. The van der Waals surface area contributed by atoms with Gasteiger partial charge in [0.1, 0.15) is 0 Å². The van der Waals surface area contributed by atoms with Crippen LogP contribution >= 0.6 is 0 Å². The molecule has 274 valence electrons. The fourth-order valence-corrected chi connectivity index (χ4v) is 9.48. The van der Waals surface area contributed by atoms with Crippen molar-refractivity contribution in [3.63, 3.8) is 0 Å². The minimum absolute atomic E-state index is 0.575. The van der Waals surface area contributed by atoms with Gasteiger partial charge >= 0.3 is 0 Å². The standard InChI is InChI=1S/C56H45N/c1-4-20-41(21-5-1)46-33-17-28-43-29-18-36-51(55(43)46)50-32-13-15-38-53(50)57(52-37-14-12-31-49(52)48-35-16-27-40-24-10-11-30-45(40)48)54-39-19-34-47(42-22-6-2-7-23-42)56(54)44-25-8-3-9-26-44/h2-3,6-19,22-39,41H,1,4-5,20-21H2. The van der Waals surface area contributed by atoms with Crippen molar-refractivity contribution in [1.29, 1.82) is 0 Å². The molecule has 1 aliphatic rings. The number of nitrogens with zero attached hydrogens (tertiary/aromatic N) is 1. The van der Waals surface area contributed by atoms with E-state index in [0.717, 1.165) is 17.1 Å². The summed E-state index contributed by atoms with van der Waals surface area (Å²) in [5, 5.41) is 5.18. The molecular weight excluding hydrogens is 687 g/mol. The van der Waals surface area contributed by atoms with Crippen LogP contribution in [-0.2, 0) is 0 Å². The summed E-state index contributed by atoms with van der Waals surface area (Å²) in [4.78, 5) is 2.56. The van der Waals surface area contributed by atoms with Crippen LogP contribution in [0.2, 0.25) is 0 Å². The summed E-state index contributed by atoms with van der Waals surface area (Å²) in [6, 6.07) is 76.1. The second-order valence-corrected chi connectivity index (χ2v) is 15.4. The van der Waals surface area contributed by atoms with Crippen molar-refractivity contribution in [3.05, 3.63) is 212 Å². The Labute approximate surface area is 336 Å². The van der Waals surface area contributed by atoms with E-state index in [2.05, 4.69) is 211 Å². The third-order valence-electron chi connectivity index (χ3n) is 12.1. The van der Waals surface area contributed by atoms with Crippen molar-refractivity contribution in [2.75, 3.05) is 4.90 Å². The number of rotatable bonds is 8. The molecule has 1 heteroatoms. The minimum Gasteiger partial charge on any atom is -0.309 e. The first-order valence-corrected chi connectivity index (χ1v) is 20.6. The molecule has 0 aliphatic heterocycles. The second-order valence-electron chi connectivity index (χ2n) is 15.4. The smallest absolute Gasteiger partial charge is 0.0546 e. The number of hydrogen-bond donors (Lipinski definition) is 0. The van der Waals surface area contributed by atoms with E-state index in [-0.39, 0.29) is 0 Å². The minimum atomic E-state index is 0.575. The zero-order valence-corrected chi connectivity index (χ0v) is 32.2. The molecule has 0 amide bonds. The molecule has 9 aromatic rings. The molecule has 1 fully saturated rings. The van der Waals surface area contributed by atoms with Crippen LogP contribution in [0.5, 0.6) is 0 Å². The van der Waals surface area contributed by atoms with Gasteiger partial charge in [-0.25, -0.2) is 0 Å². The van der Waals surface area contributed by atoms with Gasteiger partial charge in [0.25, 0.3) is 0 Å². The van der Waals surface area contributed by atoms with Crippen molar-refractivity contribution in [2.24, 2.45) is 0 Å². The summed E-state index contributed by atoms with van der Waals surface area (Å²) in [6.07, 6.45) is 6.46. The molecule has 0 heterocycles. The first kappa shape index (κ1) is 34.8. The molecule has 0 bridgehead atoms. The third kappa shape index (κ3) is 6.50. The molecule has 1 saturated carbocycles. The molecular formula is C56H45N. The maximum atomic E-state index is 2.56. The predicted molar refractivity (Wildman–Crippen MR) is 244 cm³/mol. The third-order valence-corrected chi connectivity index (χ3v) is 12.1. The molecule has 0 spiro atoms. The lowest BCUT2D eigenvalue weighted by molar-refractivity contribution is 0.445. The Morgan fingerprint density at radius 2 is 0.825 bits per heavy atom. The molecule has 0 saturated heterocycles. The largest absolute Gasteiger partial charge is 0.309 e. The lowest BCUT2D eigenvalue weighted by Crippen LogP contribution is -2.14. The van der Waals surface area contributed by atoms with E-state index in [9.17, 15) is 0 Å². The van der Waals surface area contributed by atoms with E-state index < -0.39 is 0 Å². The highest BCUT2D eigenvalue weighted by molar-refractivity contribution is 6.08. The van der Waals surface area contributed by atoms with Gasteiger partial charge in [0.15, 0.2) is 0 Å². The zero-order valence-electron chi connectivity index (χ0n) is 32.2. The zero-order chi connectivity index (χ0) is 38.0. The van der Waals surface area contributed by atoms with Gasteiger partial charge in [-0.1, -0.05) is 207 Å². The number of benzene rings is 9. The molecule has 0 atom stereocenters. The van der Waals surface area contributed by atoms with E-state index in [0.29, 0.717) is 5.92 Å². The molecule has 1 nitrogen and oxygen atoms in total. The van der Waals surface area contributed by atoms with Crippen molar-refractivity contribution < 1.29 is 0 Å². The van der Waals surface area contributed by atoms with Gasteiger partial charge in [0.05, 0.1) is 17.1 Å². The van der Waals surface area contributed by atoms with Crippen LogP contribution in [0.1, 0.15) is 43.6 Å². The lowest BCUT2D eigenvalue weighted by Gasteiger charge is -2.33. The quantitative estimate of drug-likeness (QED) is 0.150. The molecule has 0 N–H and O–H groups in total. The average Bonchev–Trinajstić information content (AvgIpc) is 3.30. The maximum absolute atomic E-state index is 2.56. The second kappa shape index (κ2) is 15.4. The fourth-order valence-electron chi connectivity index (χ4n) is 9.48. The summed E-state index contributed by atoms with van der Waals surface area (Å²) in [5.74, 6) is 0.575. The molecule has 10 rings (SSSR count). The maximum Gasteiger partial charge on any atom is 0.0546 e. The van der Waals surface area contributed by atoms with Crippen LogP contribution in [0, 0.1) is 0 Å². The molecule has 0 aromatic heterocycles. The van der Waals surface area contributed by atoms with Crippen LogP contribution in [0.3, 0.4) is 0 Å². The highest BCUT2D eigenvalue weighted by Gasteiger charge is 2.27. The van der Waals surface area contributed by atoms with E-state index in [1.165, 1.54) is 104 Å². The summed E-state index contributed by atoms with van der Waals surface area (Å²) in [7, 11) is 0. The van der Waals surface area contributed by atoms with Crippen LogP contribution in [0.4, 0.5) is 17.1 Å². The van der Waals surface area contributed by atoms with Crippen LogP contribution in [0.15, 0.2) is 206 Å². The monoisotopic (exact) mass is 731 g/mol. The Balaban J connectivity index is 1.30. The first-order chi connectivity index (χ1) is 28.3. The number of fused-ring (bicyclic) bond motifs is 2. The van der Waals surface area contributed by atoms with Gasteiger partial charge in [0, 0.05) is 16.7 Å². The summed E-state index contributed by atoms with van der Waals surface area (Å²) >= 11 is 0. The predicted octanol–water partition coefficient (Wildman–Crippen LogP) is 16.2. The Morgan fingerprint density at radius 3 is 1.56 bits per heavy atom. The van der Waals surface area contributed by atoms with E-state index >= 15 is 0 Å². The number of para-hydroxylation sites is 2. The number of hydrogen-bond acceptors (Lipinski definition) is 1. The Hall–Kier alpha value is -6.70. The van der Waals surface area contributed by atoms with Gasteiger partial charge in [-0.3, -0.25) is 0 Å². The Kier molecular flexibility index (Phi) is 9.42. The molecule has 9 aromatic carbocycles. The average molecular weight is 732 g/mol. The fraction of sp³-hybridized carbons (Fsp3) is 0.107. The molecule has 0 unspecified atom stereocenters. The van der Waals surface area contributed by atoms with Gasteiger partial charge in [-0.2, -0.15) is 0 Å². The first-order valence-electron chi connectivity index (χ1n) is 20.6. The topological polar surface area (TPSA) is 3.24 Å². The van der Waals surface area contributed by atoms with Crippen LogP contribution in [-0.4, -0.2) is 0 Å².